The Morgan fingerprint density at radius 3 is 2.43 bits per heavy atom. The summed E-state index contributed by atoms with van der Waals surface area (Å²) in [7, 11) is 0. The van der Waals surface area contributed by atoms with E-state index in [-0.39, 0.29) is 53.5 Å². The van der Waals surface area contributed by atoms with Crippen LogP contribution in [0, 0.1) is 34.9 Å². The van der Waals surface area contributed by atoms with Crippen molar-refractivity contribution < 1.29 is 37.8 Å². The maximum atomic E-state index is 14.7. The molecule has 0 spiro atoms. The first kappa shape index (κ1) is 34.0. The van der Waals surface area contributed by atoms with Crippen molar-refractivity contribution in [3.63, 3.8) is 0 Å². The monoisotopic (exact) mass is 745 g/mol. The highest BCUT2D eigenvalue weighted by molar-refractivity contribution is 6.32. The Morgan fingerprint density at radius 2 is 1.69 bits per heavy atom. The number of aromatic nitrogens is 1. The molecule has 4 aliphatic rings. The number of nitrogens with zero attached hydrogens (tertiary/aromatic N) is 3. The predicted octanol–water partition coefficient (Wildman–Crippen LogP) is 7.83. The van der Waals surface area contributed by atoms with Crippen LogP contribution >= 0.6 is 11.6 Å². The third-order valence-electron chi connectivity index (χ3n) is 11.7. The molecule has 6 atom stereocenters. The molecule has 9 rings (SSSR count). The lowest BCUT2D eigenvalue weighted by atomic mass is 9.51. The molecule has 0 unspecified atom stereocenters. The van der Waals surface area contributed by atoms with Gasteiger partial charge in [-0.2, -0.15) is 0 Å². The summed E-state index contributed by atoms with van der Waals surface area (Å²) in [6, 6.07) is 22.9. The average molecular weight is 746 g/mol. The van der Waals surface area contributed by atoms with Crippen LogP contribution in [0.25, 0.3) is 22.6 Å². The molecule has 4 aromatic carbocycles. The van der Waals surface area contributed by atoms with Gasteiger partial charge >= 0.3 is 0 Å². The number of phenolic OH excluding ortho intramolecular Hbond substituents is 1. The minimum Gasteiger partial charge on any atom is -0.504 e. The van der Waals surface area contributed by atoms with Crippen molar-refractivity contribution in [2.45, 2.75) is 32.6 Å². The molecule has 272 valence electrons. The van der Waals surface area contributed by atoms with Crippen molar-refractivity contribution >= 4 is 57.7 Å². The van der Waals surface area contributed by atoms with Gasteiger partial charge in [-0.05, 0) is 105 Å². The van der Waals surface area contributed by atoms with E-state index in [0.29, 0.717) is 33.8 Å². The fourth-order valence-corrected chi connectivity index (χ4v) is 9.43. The number of anilines is 2. The average Bonchev–Trinajstić information content (AvgIpc) is 3.77. The molecule has 1 saturated carbocycles. The van der Waals surface area contributed by atoms with Gasteiger partial charge < -0.3 is 14.3 Å². The molecule has 0 radical (unpaired) electrons. The van der Waals surface area contributed by atoms with Crippen LogP contribution in [0.4, 0.5) is 15.8 Å². The summed E-state index contributed by atoms with van der Waals surface area (Å²) in [5, 5.41) is 10.4. The lowest BCUT2D eigenvalue weighted by molar-refractivity contribution is -0.131. The number of hydrogen-bond donors (Lipinski definition) is 1. The number of benzene rings is 4. The summed E-state index contributed by atoms with van der Waals surface area (Å²) < 4.78 is 25.9. The number of carbonyl (C=O) groups excluding carboxylic acids is 4. The van der Waals surface area contributed by atoms with Crippen molar-refractivity contribution in [3.8, 4) is 23.0 Å². The Morgan fingerprint density at radius 1 is 0.926 bits per heavy atom. The van der Waals surface area contributed by atoms with Gasteiger partial charge in [-0.1, -0.05) is 41.4 Å². The number of aromatic hydroxyl groups is 1. The van der Waals surface area contributed by atoms with E-state index in [1.54, 1.807) is 50.2 Å². The molecule has 12 heteroatoms. The fourth-order valence-electron chi connectivity index (χ4n) is 9.25. The largest absolute Gasteiger partial charge is 0.504 e. The number of ether oxygens (including phenoxy) is 1. The van der Waals surface area contributed by atoms with Crippen LogP contribution < -0.4 is 14.5 Å². The molecule has 10 nitrogen and oxygen atoms in total. The Labute approximate surface area is 313 Å². The third kappa shape index (κ3) is 4.87. The van der Waals surface area contributed by atoms with Gasteiger partial charge in [-0.3, -0.25) is 24.1 Å². The summed E-state index contributed by atoms with van der Waals surface area (Å²) >= 11 is 6.12. The van der Waals surface area contributed by atoms with Crippen molar-refractivity contribution in [1.82, 2.24) is 4.98 Å². The minimum absolute atomic E-state index is 0.0851. The topological polar surface area (TPSA) is 130 Å². The zero-order chi connectivity index (χ0) is 37.6. The standard InChI is InChI=1S/C42H33ClFN3O7/c1-3-53-34-18-22(10-17-32(34)48)36-25-14-15-26-35(27(25)20-28-39(50)47(41(52)42(28,36)2)24-13-16-30(44)29(43)19-24)40(51)46(38(26)49)23-11-8-21(9-12-23)37-45-31-6-4-5-7-33(31)54-37/h4-14,16-19,26-28,35-36,48H,3,15,20H2,1-2H3/t26-,27+,28-,35-,36-,42+/m0/s1. The molecule has 2 aliphatic heterocycles. The first-order chi connectivity index (χ1) is 26.0. The fraction of sp³-hybridized carbons (Fsp3) is 0.262. The summed E-state index contributed by atoms with van der Waals surface area (Å²) in [5.41, 5.74) is 2.62. The van der Waals surface area contributed by atoms with E-state index in [9.17, 15) is 28.7 Å². The number of para-hydroxylation sites is 2. The number of rotatable bonds is 6. The van der Waals surface area contributed by atoms with Gasteiger partial charge in [-0.15, -0.1) is 0 Å². The predicted molar refractivity (Wildman–Crippen MR) is 197 cm³/mol. The minimum atomic E-state index is -1.35. The van der Waals surface area contributed by atoms with E-state index in [0.717, 1.165) is 16.5 Å². The van der Waals surface area contributed by atoms with Gasteiger partial charge in [0.2, 0.25) is 29.5 Å². The van der Waals surface area contributed by atoms with E-state index in [1.165, 1.54) is 23.1 Å². The SMILES string of the molecule is CCOc1cc([C@H]2C3=CC[C@@H]4C(=O)N(c5ccc(-c6nc7ccccc7o6)cc5)C(=O)[C@@H]4[C@@H]3C[C@H]3C(=O)N(c4ccc(F)c(Cl)c4)C(=O)[C@@]23C)ccc1O. The van der Waals surface area contributed by atoms with Gasteiger partial charge in [0.15, 0.2) is 17.1 Å². The molecule has 0 bridgehead atoms. The van der Waals surface area contributed by atoms with Crippen LogP contribution in [0.15, 0.2) is 101 Å². The highest BCUT2D eigenvalue weighted by atomic mass is 35.5. The van der Waals surface area contributed by atoms with Gasteiger partial charge in [0.05, 0.1) is 46.2 Å². The third-order valence-corrected chi connectivity index (χ3v) is 12.0. The number of oxazole rings is 1. The van der Waals surface area contributed by atoms with Crippen molar-refractivity contribution in [1.29, 1.82) is 0 Å². The molecule has 1 aromatic heterocycles. The molecule has 2 aliphatic carbocycles. The summed E-state index contributed by atoms with van der Waals surface area (Å²) in [6.45, 7) is 3.80. The molecule has 2 saturated heterocycles. The van der Waals surface area contributed by atoms with Crippen molar-refractivity contribution in [2.75, 3.05) is 16.4 Å². The zero-order valence-electron chi connectivity index (χ0n) is 29.2. The number of hydrogen-bond acceptors (Lipinski definition) is 8. The normalized spacial score (nSPS) is 26.2. The number of fused-ring (bicyclic) bond motifs is 5. The van der Waals surface area contributed by atoms with E-state index < -0.39 is 52.6 Å². The van der Waals surface area contributed by atoms with Gasteiger partial charge in [0, 0.05) is 11.5 Å². The second-order valence-electron chi connectivity index (χ2n) is 14.5. The molecular formula is C42H33ClFN3O7. The van der Waals surface area contributed by atoms with Crippen LogP contribution in [0.5, 0.6) is 11.5 Å². The Balaban J connectivity index is 1.11. The lowest BCUT2D eigenvalue weighted by Crippen LogP contribution is -2.48. The Bertz CT molecular complexity index is 2430. The second kappa shape index (κ2) is 12.4. The van der Waals surface area contributed by atoms with Crippen LogP contribution in [0.2, 0.25) is 5.02 Å². The van der Waals surface area contributed by atoms with E-state index >= 15 is 0 Å². The first-order valence-electron chi connectivity index (χ1n) is 17.8. The number of imide groups is 2. The number of allylic oxidation sites excluding steroid dienone is 2. The number of halogens is 2. The number of phenols is 1. The molecule has 54 heavy (non-hydrogen) atoms. The van der Waals surface area contributed by atoms with Gasteiger partial charge in [0.1, 0.15) is 11.3 Å². The summed E-state index contributed by atoms with van der Waals surface area (Å²) in [5.74, 6) is -5.52. The van der Waals surface area contributed by atoms with Crippen LogP contribution in [-0.2, 0) is 19.2 Å². The molecule has 4 amide bonds. The number of amides is 4. The van der Waals surface area contributed by atoms with Crippen LogP contribution in [0.3, 0.4) is 0 Å². The Kier molecular flexibility index (Phi) is 7.79. The lowest BCUT2D eigenvalue weighted by Gasteiger charge is -2.49. The van der Waals surface area contributed by atoms with Crippen molar-refractivity contribution in [3.05, 3.63) is 113 Å². The smallest absolute Gasteiger partial charge is 0.241 e. The van der Waals surface area contributed by atoms with Gasteiger partial charge in [-0.25, -0.2) is 14.3 Å². The van der Waals surface area contributed by atoms with E-state index in [2.05, 4.69) is 4.98 Å². The number of carbonyl (C=O) groups is 4. The maximum absolute atomic E-state index is 14.7. The van der Waals surface area contributed by atoms with Gasteiger partial charge in [0.25, 0.3) is 0 Å². The Hall–Kier alpha value is -5.81. The first-order valence-corrected chi connectivity index (χ1v) is 18.2. The maximum Gasteiger partial charge on any atom is 0.241 e. The summed E-state index contributed by atoms with van der Waals surface area (Å²) in [6.07, 6.45) is 2.34. The quantitative estimate of drug-likeness (QED) is 0.138. The van der Waals surface area contributed by atoms with Crippen molar-refractivity contribution in [2.24, 2.45) is 29.1 Å². The van der Waals surface area contributed by atoms with E-state index in [4.69, 9.17) is 20.8 Å². The molecule has 5 aromatic rings. The van der Waals surface area contributed by atoms with Crippen LogP contribution in [0.1, 0.15) is 38.2 Å². The van der Waals surface area contributed by atoms with Crippen LogP contribution in [-0.4, -0.2) is 40.3 Å². The molecule has 3 fully saturated rings. The summed E-state index contributed by atoms with van der Waals surface area (Å²) in [4.78, 5) is 64.7. The molecule has 3 heterocycles. The van der Waals surface area contributed by atoms with E-state index in [1.807, 2.05) is 30.3 Å². The zero-order valence-corrected chi connectivity index (χ0v) is 29.9. The molecular weight excluding hydrogens is 713 g/mol. The second-order valence-corrected chi connectivity index (χ2v) is 14.9. The molecule has 1 N–H and O–H groups in total. The highest BCUT2D eigenvalue weighted by Gasteiger charge is 2.67. The highest BCUT2D eigenvalue weighted by Crippen LogP contribution is 2.64.